The van der Waals surface area contributed by atoms with Crippen molar-refractivity contribution in [3.05, 3.63) is 164 Å². The number of hydrogen-bond donors (Lipinski definition) is 8. The first-order valence-electron chi connectivity index (χ1n) is 40.2. The Bertz CT molecular complexity index is 3680. The topological polar surface area (TPSA) is 336 Å². The number of Topliss-reactive ketones (excluding diaryl/α,β-unsaturated/α-hetero) is 1. The zero-order chi connectivity index (χ0) is 84.0. The highest BCUT2D eigenvalue weighted by molar-refractivity contribution is 7.89. The van der Waals surface area contributed by atoms with Crippen molar-refractivity contribution in [1.82, 2.24) is 4.72 Å². The van der Waals surface area contributed by atoms with Crippen molar-refractivity contribution in [2.24, 2.45) is 0 Å². The Morgan fingerprint density at radius 2 is 0.664 bits per heavy atom. The summed E-state index contributed by atoms with van der Waals surface area (Å²) in [7, 11) is -3.80. The molecule has 0 heterocycles. The number of benzene rings is 6. The first kappa shape index (κ1) is 103. The van der Waals surface area contributed by atoms with E-state index < -0.39 is 33.7 Å². The van der Waals surface area contributed by atoms with Gasteiger partial charge in [0, 0.05) is 17.1 Å². The SMILES string of the molecule is CCCCCCCCNS(=O)(=O)c1cc(Cl)cc(Cl)c1O.CCCCCCCCOC(=O)c1ccc(O)c(Cl)c1.CCCCCCCCOC(=O)c1ccc(O)c(O)c1.CCCCCCCCOC(=O)c1ccc(O)cc1.CCCCCCCCOC(=O)c1cccc(O)c1.CCCCCOC(=O)c1cc(O)cc(C(C)=O)c1. The fourth-order valence-corrected chi connectivity index (χ4v) is 12.5. The number of ketones is 1. The van der Waals surface area contributed by atoms with E-state index in [1.165, 1.54) is 220 Å². The maximum atomic E-state index is 12.1. The lowest BCUT2D eigenvalue weighted by molar-refractivity contribution is 0.0488. The average molecular weight is 1660 g/mol. The summed E-state index contributed by atoms with van der Waals surface area (Å²) >= 11 is 17.2. The molecule has 630 valence electrons. The molecule has 0 radical (unpaired) electrons. The third kappa shape index (κ3) is 49.2. The lowest BCUT2D eigenvalue weighted by atomic mass is 10.1. The standard InChI is InChI=1S/C15H21ClO3.C15H22O4.2C15H22O3.C14H21Cl2NO3S.C14H18O4/c1-2-3-4-5-6-7-10-19-15(18)12-8-9-14(17)13(16)11-12;1-2-3-4-5-6-7-10-19-15(18)12-8-9-13(16)14(17)11-12;1-2-3-4-5-6-7-12-18-15(17)13-8-10-14(16)11-9-13;1-2-3-4-5-6-7-11-18-15(17)13-9-8-10-14(16)12-13;1-2-3-4-5-6-7-8-17-21(19,20)13-10-11(15)9-12(16)14(13)18;1-3-4-5-6-18-14(17)12-7-11(10(2)15)8-13(16)9-12/h8-9,11,17H,2-7,10H2,1H3;8-9,11,16-17H,2-7,10H2,1H3;8-11,16H,2-7,12H2,1H3;8-10,12,16H,2-7,11H2,1H3;9-10,17-18H,2-8H2,1H3;7-9,16H,3-6H2,1-2H3. The van der Waals surface area contributed by atoms with Crippen LogP contribution in [0.3, 0.4) is 0 Å². The molecular weight excluding hydrogens is 1530 g/mol. The van der Waals surface area contributed by atoms with E-state index in [2.05, 4.69) is 46.3 Å². The summed E-state index contributed by atoms with van der Waals surface area (Å²) in [5.74, 6) is -3.18. The number of phenolic OH excluding ortho intramolecular Hbond substituents is 7. The minimum atomic E-state index is -3.80. The molecule has 6 rings (SSSR count). The van der Waals surface area contributed by atoms with Crippen molar-refractivity contribution in [3.8, 4) is 40.2 Å². The average Bonchev–Trinajstić information content (AvgIpc) is 0.804. The first-order chi connectivity index (χ1) is 54.2. The van der Waals surface area contributed by atoms with E-state index >= 15 is 0 Å². The van der Waals surface area contributed by atoms with E-state index in [-0.39, 0.29) is 83.3 Å². The van der Waals surface area contributed by atoms with Crippen LogP contribution in [0.25, 0.3) is 0 Å². The largest absolute Gasteiger partial charge is 0.508 e. The number of sulfonamides is 1. The number of unbranched alkanes of at least 4 members (excludes halogenated alkanes) is 27. The van der Waals surface area contributed by atoms with E-state index in [0.29, 0.717) is 61.8 Å². The number of halogens is 3. The molecule has 0 aliphatic carbocycles. The molecule has 0 atom stereocenters. The summed E-state index contributed by atoms with van der Waals surface area (Å²) in [6, 6.07) is 27.1. The van der Waals surface area contributed by atoms with E-state index in [9.17, 15) is 62.7 Å². The van der Waals surface area contributed by atoms with Gasteiger partial charge in [0.15, 0.2) is 23.0 Å². The van der Waals surface area contributed by atoms with Crippen molar-refractivity contribution in [2.75, 3.05) is 39.6 Å². The second-order valence-corrected chi connectivity index (χ2v) is 30.1. The van der Waals surface area contributed by atoms with Gasteiger partial charge in [-0.3, -0.25) is 4.79 Å². The maximum Gasteiger partial charge on any atom is 0.338 e. The molecule has 0 saturated carbocycles. The molecule has 0 amide bonds. The van der Waals surface area contributed by atoms with Gasteiger partial charge >= 0.3 is 29.8 Å². The molecule has 0 spiro atoms. The zero-order valence-electron chi connectivity index (χ0n) is 67.5. The Morgan fingerprint density at radius 1 is 0.319 bits per heavy atom. The molecule has 8 N–H and O–H groups in total. The number of ether oxygens (including phenoxy) is 5. The van der Waals surface area contributed by atoms with Gasteiger partial charge in [-0.05, 0) is 155 Å². The number of rotatable bonds is 47. The van der Waals surface area contributed by atoms with Crippen LogP contribution < -0.4 is 4.72 Å². The normalized spacial score (nSPS) is 10.6. The summed E-state index contributed by atoms with van der Waals surface area (Å²) in [6.07, 6.45) is 37.1. The highest BCUT2D eigenvalue weighted by atomic mass is 35.5. The molecule has 0 aliphatic rings. The molecular formula is C88H126Cl3NO20S. The van der Waals surface area contributed by atoms with E-state index in [4.69, 9.17) is 68.7 Å². The predicted octanol–water partition coefficient (Wildman–Crippen LogP) is 23.3. The summed E-state index contributed by atoms with van der Waals surface area (Å²) in [5, 5.41) is 65.5. The zero-order valence-corrected chi connectivity index (χ0v) is 70.6. The van der Waals surface area contributed by atoms with Gasteiger partial charge in [-0.1, -0.05) is 256 Å². The van der Waals surface area contributed by atoms with Gasteiger partial charge in [-0.25, -0.2) is 37.1 Å². The molecule has 0 unspecified atom stereocenters. The van der Waals surface area contributed by atoms with E-state index in [1.54, 1.807) is 24.3 Å². The molecule has 25 heteroatoms. The van der Waals surface area contributed by atoms with Gasteiger partial charge in [0.2, 0.25) is 10.0 Å². The Balaban J connectivity index is 0.000000679. The second-order valence-electron chi connectivity index (χ2n) is 27.1. The first-order valence-corrected chi connectivity index (χ1v) is 42.8. The van der Waals surface area contributed by atoms with Crippen molar-refractivity contribution in [2.45, 2.75) is 265 Å². The summed E-state index contributed by atoms with van der Waals surface area (Å²) in [5.41, 5.74) is 2.02. The Labute approximate surface area is 686 Å². The maximum absolute atomic E-state index is 12.1. The van der Waals surface area contributed by atoms with Gasteiger partial charge < -0.3 is 59.4 Å². The van der Waals surface area contributed by atoms with Crippen LogP contribution in [0.2, 0.25) is 15.1 Å². The molecule has 0 fully saturated rings. The Kier molecular flexibility index (Phi) is 58.2. The molecule has 6 aromatic carbocycles. The van der Waals surface area contributed by atoms with Crippen molar-refractivity contribution >= 4 is 80.5 Å². The van der Waals surface area contributed by atoms with Crippen LogP contribution in [0, 0.1) is 0 Å². The Morgan fingerprint density at radius 3 is 1.08 bits per heavy atom. The fourth-order valence-electron chi connectivity index (χ4n) is 10.5. The summed E-state index contributed by atoms with van der Waals surface area (Å²) in [4.78, 5) is 69.1. The Hall–Kier alpha value is -8.28. The monoisotopic (exact) mass is 1650 g/mol. The molecule has 0 aliphatic heterocycles. The third-order valence-corrected chi connectivity index (χ3v) is 19.4. The van der Waals surface area contributed by atoms with Crippen LogP contribution in [0.4, 0.5) is 0 Å². The number of phenols is 7. The van der Waals surface area contributed by atoms with Crippen molar-refractivity contribution in [1.29, 1.82) is 0 Å². The number of aromatic hydroxyl groups is 7. The molecule has 21 nitrogen and oxygen atoms in total. The number of esters is 5. The molecule has 6 aromatic rings. The number of carbonyl (C=O) groups excluding carboxylic acids is 6. The molecule has 0 aromatic heterocycles. The van der Waals surface area contributed by atoms with Crippen molar-refractivity contribution in [3.63, 3.8) is 0 Å². The van der Waals surface area contributed by atoms with Crippen LogP contribution in [0.5, 0.6) is 40.2 Å². The van der Waals surface area contributed by atoms with E-state index in [0.717, 1.165) is 89.9 Å². The minimum absolute atomic E-state index is 0.0332. The summed E-state index contributed by atoms with van der Waals surface area (Å²) < 4.78 is 52.3. The van der Waals surface area contributed by atoms with E-state index in [1.807, 2.05) is 0 Å². The van der Waals surface area contributed by atoms with Gasteiger partial charge in [-0.15, -0.1) is 0 Å². The third-order valence-electron chi connectivity index (χ3n) is 17.1. The van der Waals surface area contributed by atoms with Gasteiger partial charge in [0.1, 0.15) is 27.9 Å². The van der Waals surface area contributed by atoms with Gasteiger partial charge in [0.25, 0.3) is 0 Å². The number of carbonyl (C=O) groups is 6. The fraction of sp³-hybridized carbons (Fsp3) is 0.523. The second kappa shape index (κ2) is 64.0. The van der Waals surface area contributed by atoms with Crippen LogP contribution >= 0.6 is 34.8 Å². The molecule has 0 saturated heterocycles. The van der Waals surface area contributed by atoms with Gasteiger partial charge in [-0.2, -0.15) is 0 Å². The predicted molar refractivity (Wildman–Crippen MR) is 448 cm³/mol. The smallest absolute Gasteiger partial charge is 0.338 e. The van der Waals surface area contributed by atoms with Crippen molar-refractivity contribution < 1.29 is 96.6 Å². The quantitative estimate of drug-likeness (QED) is 0.00578. The molecule has 0 bridgehead atoms. The van der Waals surface area contributed by atoms with Crippen LogP contribution in [0.15, 0.2) is 120 Å². The van der Waals surface area contributed by atoms with Crippen LogP contribution in [0.1, 0.15) is 323 Å². The number of hydrogen-bond acceptors (Lipinski definition) is 20. The highest BCUT2D eigenvalue weighted by Gasteiger charge is 2.22. The number of nitrogens with one attached hydrogen (secondary N) is 1. The van der Waals surface area contributed by atoms with Gasteiger partial charge in [0.05, 0.1) is 70.9 Å². The highest BCUT2D eigenvalue weighted by Crippen LogP contribution is 2.34. The molecule has 113 heavy (non-hydrogen) atoms. The van der Waals surface area contributed by atoms with Crippen LogP contribution in [-0.2, 0) is 33.7 Å². The van der Waals surface area contributed by atoms with Crippen LogP contribution in [-0.4, -0.2) is 119 Å². The summed E-state index contributed by atoms with van der Waals surface area (Å²) in [6.45, 7) is 16.8. The lowest BCUT2D eigenvalue weighted by Crippen LogP contribution is -2.25. The minimum Gasteiger partial charge on any atom is -0.508 e. The lowest BCUT2D eigenvalue weighted by Gasteiger charge is -2.10.